The minimum Gasteiger partial charge on any atom is -0.480 e. The molecule has 1 aliphatic rings. The zero-order chi connectivity index (χ0) is 11.7. The van der Waals surface area contributed by atoms with Crippen LogP contribution in [0.25, 0.3) is 0 Å². The minimum absolute atomic E-state index is 0.189. The van der Waals surface area contributed by atoms with Crippen LogP contribution < -0.4 is 0 Å². The molecular formula is C8H8N2O5S. The van der Waals surface area contributed by atoms with Crippen LogP contribution in [0.3, 0.4) is 0 Å². The number of nitrogens with zero attached hydrogens (tertiary/aromatic N) is 2. The predicted molar refractivity (Wildman–Crippen MR) is 53.0 cm³/mol. The maximum Gasteiger partial charge on any atom is 0.409 e. The largest absolute Gasteiger partial charge is 0.480 e. The van der Waals surface area contributed by atoms with Gasteiger partial charge in [0, 0.05) is 5.75 Å². The molecule has 2 rings (SSSR count). The predicted octanol–water partition coefficient (Wildman–Crippen LogP) is 0.853. The molecule has 0 spiro atoms. The molecule has 0 radical (unpaired) electrons. The van der Waals surface area contributed by atoms with Crippen LogP contribution in [0.15, 0.2) is 16.9 Å². The molecule has 2 N–H and O–H groups in total. The average Bonchev–Trinajstić information content (AvgIpc) is 2.85. The van der Waals surface area contributed by atoms with Gasteiger partial charge in [0.1, 0.15) is 12.3 Å². The highest BCUT2D eigenvalue weighted by Crippen LogP contribution is 2.40. The third kappa shape index (κ3) is 1.71. The number of rotatable bonds is 2. The lowest BCUT2D eigenvalue weighted by Crippen LogP contribution is -2.42. The van der Waals surface area contributed by atoms with Crippen LogP contribution in [0, 0.1) is 0 Å². The van der Waals surface area contributed by atoms with Crippen molar-refractivity contribution >= 4 is 23.8 Å². The molecule has 1 aromatic rings. The Balaban J connectivity index is 2.28. The van der Waals surface area contributed by atoms with E-state index in [1.807, 2.05) is 0 Å². The van der Waals surface area contributed by atoms with Gasteiger partial charge in [-0.15, -0.1) is 11.8 Å². The summed E-state index contributed by atoms with van der Waals surface area (Å²) >= 11 is 1.18. The van der Waals surface area contributed by atoms with E-state index in [2.05, 4.69) is 4.98 Å². The lowest BCUT2D eigenvalue weighted by Gasteiger charge is -2.21. The number of thioether (sulfide) groups is 1. The molecule has 2 heterocycles. The molecule has 1 aliphatic heterocycles. The molecule has 1 saturated heterocycles. The Kier molecular flexibility index (Phi) is 2.73. The zero-order valence-corrected chi connectivity index (χ0v) is 8.75. The summed E-state index contributed by atoms with van der Waals surface area (Å²) in [5, 5.41) is 17.2. The molecular weight excluding hydrogens is 236 g/mol. The van der Waals surface area contributed by atoms with Gasteiger partial charge in [-0.2, -0.15) is 0 Å². The topological polar surface area (TPSA) is 104 Å². The van der Waals surface area contributed by atoms with Gasteiger partial charge in [0.25, 0.3) is 0 Å². The van der Waals surface area contributed by atoms with Crippen LogP contribution in [0.1, 0.15) is 11.3 Å². The van der Waals surface area contributed by atoms with E-state index in [0.29, 0.717) is 0 Å². The van der Waals surface area contributed by atoms with E-state index in [9.17, 15) is 9.59 Å². The second-order valence-corrected chi connectivity index (χ2v) is 4.21. The quantitative estimate of drug-likeness (QED) is 0.794. The number of aromatic nitrogens is 1. The Morgan fingerprint density at radius 3 is 2.81 bits per heavy atom. The summed E-state index contributed by atoms with van der Waals surface area (Å²) in [6.07, 6.45) is 1.43. The van der Waals surface area contributed by atoms with Crippen molar-refractivity contribution < 1.29 is 24.2 Å². The number of oxazole rings is 1. The molecule has 8 heteroatoms. The van der Waals surface area contributed by atoms with Gasteiger partial charge >= 0.3 is 12.1 Å². The average molecular weight is 244 g/mol. The van der Waals surface area contributed by atoms with Crippen molar-refractivity contribution in [3.63, 3.8) is 0 Å². The van der Waals surface area contributed by atoms with E-state index >= 15 is 0 Å². The third-order valence-electron chi connectivity index (χ3n) is 2.17. The highest BCUT2D eigenvalue weighted by Gasteiger charge is 2.44. The molecule has 1 amide bonds. The fourth-order valence-electron chi connectivity index (χ4n) is 1.48. The monoisotopic (exact) mass is 244 g/mol. The Morgan fingerprint density at radius 1 is 1.56 bits per heavy atom. The van der Waals surface area contributed by atoms with Crippen molar-refractivity contribution in [3.8, 4) is 0 Å². The van der Waals surface area contributed by atoms with Crippen molar-refractivity contribution in [1.29, 1.82) is 0 Å². The number of hydrogen-bond donors (Lipinski definition) is 2. The maximum absolute atomic E-state index is 11.0. The number of carbonyl (C=O) groups is 2. The number of carboxylic acids is 1. The molecule has 1 unspecified atom stereocenters. The second kappa shape index (κ2) is 4.05. The Labute approximate surface area is 94.1 Å². The van der Waals surface area contributed by atoms with Gasteiger partial charge in [-0.25, -0.2) is 14.6 Å². The molecule has 1 aromatic heterocycles. The van der Waals surface area contributed by atoms with E-state index < -0.39 is 23.5 Å². The van der Waals surface area contributed by atoms with Gasteiger partial charge < -0.3 is 14.6 Å². The summed E-state index contributed by atoms with van der Waals surface area (Å²) in [7, 11) is 0. The lowest BCUT2D eigenvalue weighted by molar-refractivity contribution is -0.141. The molecule has 16 heavy (non-hydrogen) atoms. The minimum atomic E-state index is -1.29. The number of aliphatic carboxylic acids is 1. The summed E-state index contributed by atoms with van der Waals surface area (Å²) in [5.41, 5.74) is 0. The first-order chi connectivity index (χ1) is 7.61. The lowest BCUT2D eigenvalue weighted by atomic mass is 10.3. The Morgan fingerprint density at radius 2 is 2.31 bits per heavy atom. The summed E-state index contributed by atoms with van der Waals surface area (Å²) in [6, 6.07) is -1.06. The molecule has 0 bridgehead atoms. The Hall–Kier alpha value is -1.70. The first kappa shape index (κ1) is 10.8. The van der Waals surface area contributed by atoms with Crippen molar-refractivity contribution in [2.24, 2.45) is 0 Å². The molecule has 0 aromatic carbocycles. The summed E-state index contributed by atoms with van der Waals surface area (Å²) in [4.78, 5) is 26.5. The molecule has 86 valence electrons. The van der Waals surface area contributed by atoms with Gasteiger partial charge in [-0.1, -0.05) is 0 Å². The van der Waals surface area contributed by atoms with Crippen LogP contribution >= 0.6 is 11.8 Å². The van der Waals surface area contributed by atoms with Crippen LogP contribution in [0.2, 0.25) is 0 Å². The molecule has 7 nitrogen and oxygen atoms in total. The maximum atomic E-state index is 11.0. The number of amides is 1. The normalized spacial score (nSPS) is 24.6. The van der Waals surface area contributed by atoms with Crippen molar-refractivity contribution in [2.75, 3.05) is 5.75 Å². The Bertz CT molecular complexity index is 407. The van der Waals surface area contributed by atoms with E-state index in [-0.39, 0.29) is 11.6 Å². The van der Waals surface area contributed by atoms with Crippen LogP contribution in [0.5, 0.6) is 0 Å². The standard InChI is InChI=1S/C8H8N2O5S/c11-7(12)4-3-16-6(10(4)8(13)14)5-9-1-2-15-5/h1-2,4,6H,3H2,(H,11,12)(H,13,14)/t4?,6-/m1/s1. The summed E-state index contributed by atoms with van der Waals surface area (Å²) in [6.45, 7) is 0. The smallest absolute Gasteiger partial charge is 0.409 e. The highest BCUT2D eigenvalue weighted by atomic mass is 32.2. The van der Waals surface area contributed by atoms with Gasteiger partial charge in [-0.05, 0) is 0 Å². The first-order valence-electron chi connectivity index (χ1n) is 4.36. The van der Waals surface area contributed by atoms with Gasteiger partial charge in [-0.3, -0.25) is 4.90 Å². The fraction of sp³-hybridized carbons (Fsp3) is 0.375. The molecule has 0 saturated carbocycles. The highest BCUT2D eigenvalue weighted by molar-refractivity contribution is 7.99. The van der Waals surface area contributed by atoms with E-state index in [0.717, 1.165) is 4.90 Å². The van der Waals surface area contributed by atoms with Crippen LogP contribution in [0.4, 0.5) is 4.79 Å². The summed E-state index contributed by atoms with van der Waals surface area (Å²) in [5.74, 6) is -0.769. The zero-order valence-electron chi connectivity index (χ0n) is 7.94. The van der Waals surface area contributed by atoms with Crippen LogP contribution in [-0.2, 0) is 4.79 Å². The fourth-order valence-corrected chi connectivity index (χ4v) is 2.80. The number of carboxylic acid groups (broad SMARTS) is 2. The first-order valence-corrected chi connectivity index (χ1v) is 5.41. The van der Waals surface area contributed by atoms with E-state index in [1.54, 1.807) is 0 Å². The van der Waals surface area contributed by atoms with Gasteiger partial charge in [0.2, 0.25) is 5.89 Å². The van der Waals surface area contributed by atoms with Crippen molar-refractivity contribution in [2.45, 2.75) is 11.4 Å². The molecule has 1 fully saturated rings. The third-order valence-corrected chi connectivity index (χ3v) is 3.42. The van der Waals surface area contributed by atoms with Crippen molar-refractivity contribution in [1.82, 2.24) is 9.88 Å². The van der Waals surface area contributed by atoms with Crippen LogP contribution in [-0.4, -0.2) is 44.0 Å². The molecule has 0 aliphatic carbocycles. The SMILES string of the molecule is O=C(O)C1CS[C@H](c2ncco2)N1C(=O)O. The van der Waals surface area contributed by atoms with E-state index in [1.165, 1.54) is 24.2 Å². The number of hydrogen-bond acceptors (Lipinski definition) is 5. The summed E-state index contributed by atoms with van der Waals surface area (Å²) < 4.78 is 5.00. The van der Waals surface area contributed by atoms with Crippen molar-refractivity contribution in [3.05, 3.63) is 18.4 Å². The second-order valence-electron chi connectivity index (χ2n) is 3.10. The van der Waals surface area contributed by atoms with Gasteiger partial charge in [0.05, 0.1) is 6.20 Å². The van der Waals surface area contributed by atoms with E-state index in [4.69, 9.17) is 14.6 Å². The molecule has 2 atom stereocenters. The van der Waals surface area contributed by atoms with Gasteiger partial charge in [0.15, 0.2) is 5.37 Å².